The molecule has 114 valence electrons. The SMILES string of the molecule is [C-]#[N+]C([N+]#[C-])=C1Sc2c(F)c3c(c(C#N)c2S1)S/C(=C(\C)C#N)S3. The summed E-state index contributed by atoms with van der Waals surface area (Å²) >= 11 is 4.47. The number of benzene rings is 1. The van der Waals surface area contributed by atoms with Crippen LogP contribution in [0, 0.1) is 41.6 Å². The van der Waals surface area contributed by atoms with Crippen LogP contribution >= 0.6 is 47.0 Å². The standard InChI is InChI=1S/C15H3FN4S4/c1-6(4-17)14-21-9-7(5-18)10-12(8(16)11(9)23-14)24-15(22-10)13(19-2)20-3/h1H3/b14-6-. The van der Waals surface area contributed by atoms with Gasteiger partial charge in [-0.25, -0.2) is 4.39 Å². The molecule has 2 heterocycles. The van der Waals surface area contributed by atoms with E-state index in [2.05, 4.69) is 15.8 Å². The third-order valence-corrected chi connectivity index (χ3v) is 8.40. The molecule has 0 fully saturated rings. The van der Waals surface area contributed by atoms with Gasteiger partial charge in [0.05, 0.1) is 25.7 Å². The van der Waals surface area contributed by atoms with E-state index in [1.54, 1.807) is 6.92 Å². The molecule has 9 heteroatoms. The Morgan fingerprint density at radius 2 is 1.46 bits per heavy atom. The summed E-state index contributed by atoms with van der Waals surface area (Å²) in [5.41, 5.74) is 0.815. The van der Waals surface area contributed by atoms with E-state index in [4.69, 9.17) is 18.4 Å². The van der Waals surface area contributed by atoms with Crippen molar-refractivity contribution in [3.05, 3.63) is 54.1 Å². The molecular formula is C15H3FN4S4. The molecule has 0 saturated carbocycles. The van der Waals surface area contributed by atoms with Crippen molar-refractivity contribution in [2.75, 3.05) is 0 Å². The van der Waals surface area contributed by atoms with Gasteiger partial charge in [0.15, 0.2) is 5.82 Å². The largest absolute Gasteiger partial charge is 0.540 e. The van der Waals surface area contributed by atoms with Gasteiger partial charge in [-0.15, -0.1) is 0 Å². The van der Waals surface area contributed by atoms with Gasteiger partial charge < -0.3 is 0 Å². The Labute approximate surface area is 154 Å². The number of thioether (sulfide) groups is 4. The summed E-state index contributed by atoms with van der Waals surface area (Å²) in [6.07, 6.45) is 0. The molecule has 0 unspecified atom stereocenters. The second kappa shape index (κ2) is 6.48. The molecule has 0 aliphatic carbocycles. The number of nitrogens with zero attached hydrogens (tertiary/aromatic N) is 4. The first-order chi connectivity index (χ1) is 11.5. The highest BCUT2D eigenvalue weighted by atomic mass is 32.2. The highest BCUT2D eigenvalue weighted by Crippen LogP contribution is 2.62. The Kier molecular flexibility index (Phi) is 4.54. The molecule has 2 aliphatic rings. The van der Waals surface area contributed by atoms with Crippen LogP contribution in [0.1, 0.15) is 12.5 Å². The lowest BCUT2D eigenvalue weighted by Crippen LogP contribution is -1.91. The van der Waals surface area contributed by atoms with Crippen molar-refractivity contribution in [3.63, 3.8) is 0 Å². The topological polar surface area (TPSA) is 56.3 Å². The first kappa shape index (κ1) is 16.8. The monoisotopic (exact) mass is 386 g/mol. The molecule has 0 bridgehead atoms. The summed E-state index contributed by atoms with van der Waals surface area (Å²) in [7, 11) is 0. The Morgan fingerprint density at radius 3 is 1.96 bits per heavy atom. The zero-order valence-electron chi connectivity index (χ0n) is 11.8. The van der Waals surface area contributed by atoms with Crippen molar-refractivity contribution in [2.24, 2.45) is 0 Å². The molecule has 0 amide bonds. The van der Waals surface area contributed by atoms with Crippen molar-refractivity contribution < 1.29 is 4.39 Å². The van der Waals surface area contributed by atoms with Crippen LogP contribution in [0.3, 0.4) is 0 Å². The van der Waals surface area contributed by atoms with Crippen molar-refractivity contribution in [1.29, 1.82) is 10.5 Å². The van der Waals surface area contributed by atoms with Crippen LogP contribution in [-0.4, -0.2) is 0 Å². The van der Waals surface area contributed by atoms with E-state index in [0.29, 0.717) is 34.3 Å². The number of nitriles is 2. The van der Waals surface area contributed by atoms with Crippen molar-refractivity contribution >= 4 is 47.0 Å². The lowest BCUT2D eigenvalue weighted by molar-refractivity contribution is 0.559. The molecule has 1 aromatic rings. The quantitative estimate of drug-likeness (QED) is 0.414. The third-order valence-electron chi connectivity index (χ3n) is 3.02. The summed E-state index contributed by atoms with van der Waals surface area (Å²) in [4.78, 5) is 7.88. The molecular weight excluding hydrogens is 383 g/mol. The second-order valence-electron chi connectivity index (χ2n) is 4.38. The van der Waals surface area contributed by atoms with E-state index in [-0.39, 0.29) is 10.7 Å². The summed E-state index contributed by atoms with van der Waals surface area (Å²) in [5.74, 6) is -0.579. The zero-order chi connectivity index (χ0) is 17.4. The number of hydrogen-bond acceptors (Lipinski definition) is 6. The first-order valence-electron chi connectivity index (χ1n) is 6.16. The van der Waals surface area contributed by atoms with Gasteiger partial charge in [0.25, 0.3) is 0 Å². The fraction of sp³-hybridized carbons (Fsp3) is 0.0667. The van der Waals surface area contributed by atoms with E-state index in [1.165, 1.54) is 11.8 Å². The van der Waals surface area contributed by atoms with E-state index >= 15 is 0 Å². The van der Waals surface area contributed by atoms with Gasteiger partial charge >= 0.3 is 5.82 Å². The summed E-state index contributed by atoms with van der Waals surface area (Å²) < 4.78 is 16.0. The molecule has 3 rings (SSSR count). The molecule has 0 spiro atoms. The predicted octanol–water partition coefficient (Wildman–Crippen LogP) is 5.81. The molecule has 24 heavy (non-hydrogen) atoms. The maximum absolute atomic E-state index is 14.9. The van der Waals surface area contributed by atoms with E-state index in [9.17, 15) is 9.65 Å². The molecule has 0 atom stereocenters. The van der Waals surface area contributed by atoms with E-state index in [1.807, 2.05) is 6.07 Å². The third kappa shape index (κ3) is 2.47. The molecule has 0 N–H and O–H groups in total. The number of fused-ring (bicyclic) bond motifs is 2. The number of halogens is 1. The highest BCUT2D eigenvalue weighted by molar-refractivity contribution is 8.25. The van der Waals surface area contributed by atoms with E-state index in [0.717, 1.165) is 35.3 Å². The maximum atomic E-state index is 14.9. The van der Waals surface area contributed by atoms with E-state index < -0.39 is 5.82 Å². The van der Waals surface area contributed by atoms with Crippen LogP contribution in [0.15, 0.2) is 39.5 Å². The van der Waals surface area contributed by atoms with Gasteiger partial charge in [-0.1, -0.05) is 47.0 Å². The lowest BCUT2D eigenvalue weighted by Gasteiger charge is -2.06. The lowest BCUT2D eigenvalue weighted by atomic mass is 10.2. The van der Waals surface area contributed by atoms with Crippen LogP contribution in [0.25, 0.3) is 9.69 Å². The highest BCUT2D eigenvalue weighted by Gasteiger charge is 2.37. The number of hydrogen-bond donors (Lipinski definition) is 0. The molecule has 1 aromatic carbocycles. The van der Waals surface area contributed by atoms with Crippen molar-refractivity contribution in [1.82, 2.24) is 0 Å². The fourth-order valence-corrected chi connectivity index (χ4v) is 7.03. The number of rotatable bonds is 0. The molecule has 4 nitrogen and oxygen atoms in total. The fourth-order valence-electron chi connectivity index (χ4n) is 1.93. The molecule has 0 radical (unpaired) electrons. The van der Waals surface area contributed by atoms with Gasteiger partial charge in [-0.2, -0.15) is 20.2 Å². The minimum atomic E-state index is -0.459. The minimum Gasteiger partial charge on any atom is -0.204 e. The normalized spacial score (nSPS) is 16.3. The molecule has 2 aliphatic heterocycles. The predicted molar refractivity (Wildman–Crippen MR) is 93.1 cm³/mol. The summed E-state index contributed by atoms with van der Waals surface area (Å²) in [6, 6.07) is 4.15. The smallest absolute Gasteiger partial charge is 0.204 e. The average Bonchev–Trinajstić information content (AvgIpc) is 3.21. The van der Waals surface area contributed by atoms with Gasteiger partial charge in [0, 0.05) is 15.4 Å². The zero-order valence-corrected chi connectivity index (χ0v) is 15.1. The summed E-state index contributed by atoms with van der Waals surface area (Å²) in [5, 5.41) is 18.6. The Hall–Kier alpha value is -2.01. The maximum Gasteiger partial charge on any atom is 0.540 e. The first-order valence-corrected chi connectivity index (χ1v) is 9.43. The van der Waals surface area contributed by atoms with Gasteiger partial charge in [0.1, 0.15) is 23.5 Å². The van der Waals surface area contributed by atoms with Crippen LogP contribution in [0.5, 0.6) is 0 Å². The Morgan fingerprint density at radius 1 is 0.958 bits per heavy atom. The summed E-state index contributed by atoms with van der Waals surface area (Å²) in [6.45, 7) is 15.7. The van der Waals surface area contributed by atoms with Gasteiger partial charge in [-0.3, -0.25) is 0 Å². The molecule has 0 saturated heterocycles. The Bertz CT molecular complexity index is 1010. The molecule has 0 aromatic heterocycles. The van der Waals surface area contributed by atoms with Crippen LogP contribution < -0.4 is 0 Å². The Balaban J connectivity index is 2.22. The van der Waals surface area contributed by atoms with Crippen LogP contribution in [0.2, 0.25) is 0 Å². The van der Waals surface area contributed by atoms with Gasteiger partial charge in [-0.05, 0) is 6.92 Å². The minimum absolute atomic E-state index is 0.120. The van der Waals surface area contributed by atoms with Crippen LogP contribution in [-0.2, 0) is 0 Å². The van der Waals surface area contributed by atoms with Crippen molar-refractivity contribution in [2.45, 2.75) is 26.5 Å². The number of allylic oxidation sites excluding steroid dienone is 1. The van der Waals surface area contributed by atoms with Crippen molar-refractivity contribution in [3.8, 4) is 12.1 Å². The average molecular weight is 386 g/mol. The van der Waals surface area contributed by atoms with Gasteiger partial charge in [0.2, 0.25) is 0 Å². The van der Waals surface area contributed by atoms with Crippen LogP contribution in [0.4, 0.5) is 4.39 Å². The second-order valence-corrected chi connectivity index (χ2v) is 8.98.